The fourth-order valence-electron chi connectivity index (χ4n) is 2.11. The van der Waals surface area contributed by atoms with Crippen LogP contribution in [0, 0.1) is 17.2 Å². The summed E-state index contributed by atoms with van der Waals surface area (Å²) >= 11 is 0. The SMILES string of the molecule is CCOCC(Nc1c(C#N)nnc2ccccc12)C(C)C. The first kappa shape index (κ1) is 15.2. The van der Waals surface area contributed by atoms with Gasteiger partial charge in [-0.15, -0.1) is 10.2 Å². The number of anilines is 1. The molecule has 2 rings (SSSR count). The molecule has 0 bridgehead atoms. The maximum atomic E-state index is 9.28. The number of nitrogens with zero attached hydrogens (tertiary/aromatic N) is 3. The van der Waals surface area contributed by atoms with Gasteiger partial charge in [0, 0.05) is 12.0 Å². The van der Waals surface area contributed by atoms with Gasteiger partial charge in [-0.1, -0.05) is 32.0 Å². The van der Waals surface area contributed by atoms with Crippen LogP contribution in [-0.4, -0.2) is 29.5 Å². The van der Waals surface area contributed by atoms with Crippen LogP contribution in [0.4, 0.5) is 5.69 Å². The molecule has 0 radical (unpaired) electrons. The molecule has 21 heavy (non-hydrogen) atoms. The Morgan fingerprint density at radius 1 is 1.29 bits per heavy atom. The van der Waals surface area contributed by atoms with E-state index in [-0.39, 0.29) is 6.04 Å². The zero-order chi connectivity index (χ0) is 15.2. The molecule has 1 N–H and O–H groups in total. The van der Waals surface area contributed by atoms with Crippen molar-refractivity contribution in [2.45, 2.75) is 26.8 Å². The number of ether oxygens (including phenoxy) is 1. The topological polar surface area (TPSA) is 70.8 Å². The van der Waals surface area contributed by atoms with E-state index in [0.29, 0.717) is 24.8 Å². The van der Waals surface area contributed by atoms with Crippen molar-refractivity contribution in [2.24, 2.45) is 5.92 Å². The second kappa shape index (κ2) is 7.00. The van der Waals surface area contributed by atoms with Crippen molar-refractivity contribution in [1.82, 2.24) is 10.2 Å². The normalized spacial score (nSPS) is 12.3. The van der Waals surface area contributed by atoms with Crippen molar-refractivity contribution < 1.29 is 4.74 Å². The van der Waals surface area contributed by atoms with Crippen LogP contribution in [0.2, 0.25) is 0 Å². The molecule has 1 aromatic heterocycles. The number of hydrogen-bond acceptors (Lipinski definition) is 5. The number of fused-ring (bicyclic) bond motifs is 1. The van der Waals surface area contributed by atoms with E-state index in [1.807, 2.05) is 31.2 Å². The van der Waals surface area contributed by atoms with Crippen molar-refractivity contribution in [2.75, 3.05) is 18.5 Å². The number of aromatic nitrogens is 2. The fraction of sp³-hybridized carbons (Fsp3) is 0.438. The molecule has 0 fully saturated rings. The number of benzene rings is 1. The molecule has 0 spiro atoms. The molecule has 110 valence electrons. The van der Waals surface area contributed by atoms with Crippen LogP contribution in [0.3, 0.4) is 0 Å². The Morgan fingerprint density at radius 3 is 2.71 bits per heavy atom. The first-order valence-corrected chi connectivity index (χ1v) is 7.17. The van der Waals surface area contributed by atoms with Crippen molar-refractivity contribution in [3.8, 4) is 6.07 Å². The maximum absolute atomic E-state index is 9.28. The molecular weight excluding hydrogens is 264 g/mol. The largest absolute Gasteiger partial charge is 0.380 e. The van der Waals surface area contributed by atoms with E-state index in [1.165, 1.54) is 0 Å². The molecule has 5 nitrogen and oxygen atoms in total. The summed E-state index contributed by atoms with van der Waals surface area (Å²) in [4.78, 5) is 0. The van der Waals surface area contributed by atoms with E-state index >= 15 is 0 Å². The second-order valence-electron chi connectivity index (χ2n) is 5.21. The van der Waals surface area contributed by atoms with Gasteiger partial charge >= 0.3 is 0 Å². The lowest BCUT2D eigenvalue weighted by Gasteiger charge is -2.24. The Labute approximate surface area is 124 Å². The lowest BCUT2D eigenvalue weighted by molar-refractivity contribution is 0.127. The smallest absolute Gasteiger partial charge is 0.186 e. The summed E-state index contributed by atoms with van der Waals surface area (Å²) in [5.41, 5.74) is 1.83. The van der Waals surface area contributed by atoms with E-state index in [2.05, 4.69) is 35.4 Å². The highest BCUT2D eigenvalue weighted by Gasteiger charge is 2.18. The van der Waals surface area contributed by atoms with Gasteiger partial charge < -0.3 is 10.1 Å². The number of nitriles is 1. The van der Waals surface area contributed by atoms with Crippen LogP contribution < -0.4 is 5.32 Å². The minimum absolute atomic E-state index is 0.115. The summed E-state index contributed by atoms with van der Waals surface area (Å²) in [5.74, 6) is 0.370. The van der Waals surface area contributed by atoms with Crippen molar-refractivity contribution >= 4 is 16.6 Å². The number of hydrogen-bond donors (Lipinski definition) is 1. The Morgan fingerprint density at radius 2 is 2.05 bits per heavy atom. The van der Waals surface area contributed by atoms with Crippen LogP contribution in [0.1, 0.15) is 26.5 Å². The summed E-state index contributed by atoms with van der Waals surface area (Å²) in [6, 6.07) is 9.91. The minimum atomic E-state index is 0.115. The predicted molar refractivity (Wildman–Crippen MR) is 83.0 cm³/mol. The molecule has 1 atom stereocenters. The fourth-order valence-corrected chi connectivity index (χ4v) is 2.11. The molecule has 1 heterocycles. The third-order valence-corrected chi connectivity index (χ3v) is 3.41. The molecule has 0 aliphatic carbocycles. The van der Waals surface area contributed by atoms with E-state index in [1.54, 1.807) is 0 Å². The molecule has 5 heteroatoms. The van der Waals surface area contributed by atoms with Crippen LogP contribution in [0.15, 0.2) is 24.3 Å². The van der Waals surface area contributed by atoms with E-state index in [9.17, 15) is 5.26 Å². The summed E-state index contributed by atoms with van der Waals surface area (Å²) < 4.78 is 5.53. The van der Waals surface area contributed by atoms with Crippen LogP contribution >= 0.6 is 0 Å². The van der Waals surface area contributed by atoms with Gasteiger partial charge in [0.1, 0.15) is 6.07 Å². The average molecular weight is 284 g/mol. The third-order valence-electron chi connectivity index (χ3n) is 3.41. The lowest BCUT2D eigenvalue weighted by Crippen LogP contribution is -2.31. The summed E-state index contributed by atoms with van der Waals surface area (Å²) in [7, 11) is 0. The zero-order valence-electron chi connectivity index (χ0n) is 12.6. The molecule has 1 unspecified atom stereocenters. The van der Waals surface area contributed by atoms with Gasteiger partial charge in [0.05, 0.1) is 23.9 Å². The molecule has 0 saturated heterocycles. The highest BCUT2D eigenvalue weighted by atomic mass is 16.5. The van der Waals surface area contributed by atoms with E-state index in [0.717, 1.165) is 16.6 Å². The zero-order valence-corrected chi connectivity index (χ0v) is 12.6. The molecule has 0 amide bonds. The van der Waals surface area contributed by atoms with Crippen molar-refractivity contribution in [3.63, 3.8) is 0 Å². The Bertz CT molecular complexity index is 648. The minimum Gasteiger partial charge on any atom is -0.380 e. The highest BCUT2D eigenvalue weighted by Crippen LogP contribution is 2.25. The summed E-state index contributed by atoms with van der Waals surface area (Å²) in [6.07, 6.45) is 0. The van der Waals surface area contributed by atoms with Crippen LogP contribution in [-0.2, 0) is 4.74 Å². The Hall–Kier alpha value is -2.19. The van der Waals surface area contributed by atoms with Crippen LogP contribution in [0.25, 0.3) is 10.9 Å². The summed E-state index contributed by atoms with van der Waals surface area (Å²) in [6.45, 7) is 7.49. The lowest BCUT2D eigenvalue weighted by atomic mass is 10.0. The van der Waals surface area contributed by atoms with Crippen molar-refractivity contribution in [3.05, 3.63) is 30.0 Å². The molecule has 0 saturated carbocycles. The first-order chi connectivity index (χ1) is 10.2. The molecule has 0 aliphatic heterocycles. The first-order valence-electron chi connectivity index (χ1n) is 7.17. The molecule has 0 aliphatic rings. The van der Waals surface area contributed by atoms with Gasteiger partial charge in [0.25, 0.3) is 0 Å². The van der Waals surface area contributed by atoms with Gasteiger partial charge in [0.15, 0.2) is 5.69 Å². The second-order valence-corrected chi connectivity index (χ2v) is 5.21. The van der Waals surface area contributed by atoms with E-state index in [4.69, 9.17) is 4.74 Å². The monoisotopic (exact) mass is 284 g/mol. The Balaban J connectivity index is 2.41. The van der Waals surface area contributed by atoms with E-state index < -0.39 is 0 Å². The third kappa shape index (κ3) is 3.47. The van der Waals surface area contributed by atoms with Gasteiger partial charge in [-0.05, 0) is 18.9 Å². The number of rotatable bonds is 6. The molecular formula is C16H20N4O. The quantitative estimate of drug-likeness (QED) is 0.883. The highest BCUT2D eigenvalue weighted by molar-refractivity contribution is 5.92. The van der Waals surface area contributed by atoms with Gasteiger partial charge in [-0.3, -0.25) is 0 Å². The van der Waals surface area contributed by atoms with Crippen molar-refractivity contribution in [1.29, 1.82) is 5.26 Å². The van der Waals surface area contributed by atoms with Crippen LogP contribution in [0.5, 0.6) is 0 Å². The molecule has 1 aromatic carbocycles. The van der Waals surface area contributed by atoms with Gasteiger partial charge in [-0.25, -0.2) is 0 Å². The van der Waals surface area contributed by atoms with Gasteiger partial charge in [0.2, 0.25) is 0 Å². The molecule has 2 aromatic rings. The maximum Gasteiger partial charge on any atom is 0.186 e. The summed E-state index contributed by atoms with van der Waals surface area (Å²) in [5, 5.41) is 21.7. The average Bonchev–Trinajstić information content (AvgIpc) is 2.50. The van der Waals surface area contributed by atoms with Gasteiger partial charge in [-0.2, -0.15) is 5.26 Å². The predicted octanol–water partition coefficient (Wildman–Crippen LogP) is 2.97. The standard InChI is InChI=1S/C16H20N4O/c1-4-21-10-15(11(2)3)18-16-12-7-5-6-8-13(12)19-20-14(16)9-17/h5-8,11,15H,4,10H2,1-3H3,(H,18,19). The number of nitrogens with one attached hydrogen (secondary N) is 1. The Kier molecular flexibility index (Phi) is 5.07.